The average molecular weight is 864 g/mol. The Labute approximate surface area is 364 Å². The number of amides is 1. The molecule has 0 radical (unpaired) electrons. The van der Waals surface area contributed by atoms with Gasteiger partial charge in [0, 0.05) is 36.3 Å². The number of aromatic nitrogens is 3. The van der Waals surface area contributed by atoms with Crippen LogP contribution in [0, 0.1) is 23.7 Å². The first kappa shape index (κ1) is 45.9. The van der Waals surface area contributed by atoms with Crippen molar-refractivity contribution in [2.75, 3.05) is 40.4 Å². The Balaban J connectivity index is 1.28. The molecule has 17 nitrogen and oxygen atoms in total. The lowest BCUT2D eigenvalue weighted by Crippen LogP contribution is -2.60. The number of pyridine rings is 1. The molecule has 17 heteroatoms. The van der Waals surface area contributed by atoms with E-state index in [0.717, 1.165) is 5.71 Å². The van der Waals surface area contributed by atoms with Crippen LogP contribution >= 0.6 is 0 Å². The Morgan fingerprint density at radius 1 is 1.03 bits per heavy atom. The van der Waals surface area contributed by atoms with Gasteiger partial charge in [0.25, 0.3) is 0 Å². The molecule has 5 aliphatic rings. The van der Waals surface area contributed by atoms with Gasteiger partial charge in [0.2, 0.25) is 0 Å². The van der Waals surface area contributed by atoms with Crippen molar-refractivity contribution >= 4 is 23.5 Å². The second-order valence-corrected chi connectivity index (χ2v) is 18.4. The van der Waals surface area contributed by atoms with E-state index in [1.54, 1.807) is 24.1 Å². The fourth-order valence-corrected chi connectivity index (χ4v) is 10.5. The fourth-order valence-electron chi connectivity index (χ4n) is 10.5. The number of nitrogens with zero attached hydrogens (tertiary/aromatic N) is 7. The minimum absolute atomic E-state index is 0.00399. The van der Waals surface area contributed by atoms with E-state index in [-0.39, 0.29) is 43.8 Å². The van der Waals surface area contributed by atoms with Crippen LogP contribution in [0.4, 0.5) is 4.79 Å². The summed E-state index contributed by atoms with van der Waals surface area (Å²) in [7, 11) is 3.87. The van der Waals surface area contributed by atoms with Gasteiger partial charge in [0.1, 0.15) is 23.6 Å². The van der Waals surface area contributed by atoms with Gasteiger partial charge in [0.15, 0.2) is 18.5 Å². The van der Waals surface area contributed by atoms with Crippen molar-refractivity contribution in [1.29, 1.82) is 0 Å². The summed E-state index contributed by atoms with van der Waals surface area (Å²) in [6, 6.07) is 8.53. The maximum Gasteiger partial charge on any atom is 0.410 e. The van der Waals surface area contributed by atoms with Gasteiger partial charge in [0.05, 0.1) is 67.0 Å². The maximum absolute atomic E-state index is 14.6. The quantitative estimate of drug-likeness (QED) is 0.284. The molecule has 7 heterocycles. The number of oxime groups is 1. The standard InChI is InChI=1S/C45H65N7O10/c1-11-35-45(8)39-27(4)36(46-18-19-52(39)43(55)62-45)25(2)21-44(7)40(61-42-37(53)34(51(9)10)20-26(3)59-42)28(5)38(29(6)41(54)60-35)56-22-31(23-57-44)50-58-24-30-14-12-15-32(48-30)33-16-13-17-47-49-33/h12-17,25-29,34-35,37-40,42,53H,11,18-24H2,1-10H3/t25-,26+,27+,28-,29-,34-,35+,37+,38+,39-,40+,42-,44-,45-/m1/s1. The zero-order valence-electron chi connectivity index (χ0n) is 37.8. The third kappa shape index (κ3) is 9.25. The smallest absolute Gasteiger partial charge is 0.410 e. The van der Waals surface area contributed by atoms with Gasteiger partial charge in [-0.3, -0.25) is 14.7 Å². The first-order valence-electron chi connectivity index (χ1n) is 22.1. The molecular formula is C45H65N7O10. The van der Waals surface area contributed by atoms with Crippen molar-refractivity contribution in [2.24, 2.45) is 33.8 Å². The highest BCUT2D eigenvalue weighted by atomic mass is 16.7. The molecular weight excluding hydrogens is 799 g/mol. The van der Waals surface area contributed by atoms with Gasteiger partial charge in [-0.2, -0.15) is 5.10 Å². The van der Waals surface area contributed by atoms with Crippen LogP contribution in [0.3, 0.4) is 0 Å². The van der Waals surface area contributed by atoms with Crippen LogP contribution in [-0.4, -0.2) is 154 Å². The molecule has 2 aromatic rings. The van der Waals surface area contributed by atoms with Gasteiger partial charge >= 0.3 is 12.1 Å². The summed E-state index contributed by atoms with van der Waals surface area (Å²) in [5, 5.41) is 24.5. The molecule has 0 saturated carbocycles. The molecule has 0 spiro atoms. The predicted octanol–water partition coefficient (Wildman–Crippen LogP) is 4.70. The number of likely N-dealkylation sites (N-methyl/N-ethyl adjacent to an activating group) is 1. The maximum atomic E-state index is 14.6. The number of rotatable bonds is 8. The molecule has 62 heavy (non-hydrogen) atoms. The summed E-state index contributed by atoms with van der Waals surface area (Å²) in [6.07, 6.45) is -1.97. The fraction of sp³-hybridized carbons (Fsp3) is 0.711. The number of aliphatic hydroxyl groups excluding tert-OH is 1. The Hall–Kier alpha value is -4.13. The van der Waals surface area contributed by atoms with Gasteiger partial charge in [-0.05, 0) is 91.2 Å². The topological polar surface area (TPSA) is 189 Å². The lowest BCUT2D eigenvalue weighted by molar-refractivity contribution is -0.302. The van der Waals surface area contributed by atoms with Crippen molar-refractivity contribution < 1.29 is 48.0 Å². The first-order chi connectivity index (χ1) is 29.5. The number of hydrogen-bond donors (Lipinski definition) is 1. The van der Waals surface area contributed by atoms with Crippen LogP contribution in [0.5, 0.6) is 0 Å². The van der Waals surface area contributed by atoms with Crippen molar-refractivity contribution in [1.82, 2.24) is 25.0 Å². The van der Waals surface area contributed by atoms with Gasteiger partial charge in [-0.1, -0.05) is 38.9 Å². The predicted molar refractivity (Wildman–Crippen MR) is 228 cm³/mol. The summed E-state index contributed by atoms with van der Waals surface area (Å²) in [6.45, 7) is 16.5. The van der Waals surface area contributed by atoms with Crippen LogP contribution in [0.25, 0.3) is 11.4 Å². The molecule has 2 aromatic heterocycles. The van der Waals surface area contributed by atoms with E-state index >= 15 is 0 Å². The molecule has 340 valence electrons. The van der Waals surface area contributed by atoms with Crippen LogP contribution in [-0.2, 0) is 44.7 Å². The van der Waals surface area contributed by atoms with Gasteiger partial charge in [-0.25, -0.2) is 9.78 Å². The Kier molecular flexibility index (Phi) is 14.0. The molecule has 4 saturated heterocycles. The normalized spacial score (nSPS) is 38.9. The minimum atomic E-state index is -1.15. The molecule has 1 N–H and O–H groups in total. The van der Waals surface area contributed by atoms with E-state index in [4.69, 9.17) is 43.2 Å². The molecule has 4 fully saturated rings. The highest BCUT2D eigenvalue weighted by molar-refractivity contribution is 5.91. The largest absolute Gasteiger partial charge is 0.458 e. The second-order valence-electron chi connectivity index (χ2n) is 18.4. The lowest BCUT2D eigenvalue weighted by atomic mass is 9.72. The number of fused-ring (bicyclic) bond motifs is 4. The van der Waals surface area contributed by atoms with E-state index in [2.05, 4.69) is 29.2 Å². The summed E-state index contributed by atoms with van der Waals surface area (Å²) >= 11 is 0. The molecule has 4 bridgehead atoms. The van der Waals surface area contributed by atoms with E-state index in [9.17, 15) is 14.7 Å². The number of aliphatic imine (C=N–C) groups is 1. The van der Waals surface area contributed by atoms with Crippen molar-refractivity contribution in [3.05, 3.63) is 42.2 Å². The number of ether oxygens (including phenoxy) is 6. The zero-order chi connectivity index (χ0) is 44.5. The molecule has 0 aliphatic carbocycles. The number of esters is 1. The molecule has 0 unspecified atom stereocenters. The van der Waals surface area contributed by atoms with Crippen molar-refractivity contribution in [2.45, 2.75) is 141 Å². The van der Waals surface area contributed by atoms with Crippen LogP contribution in [0.2, 0.25) is 0 Å². The molecule has 14 atom stereocenters. The summed E-state index contributed by atoms with van der Waals surface area (Å²) in [5.41, 5.74) is 1.00. The number of hydrogen-bond acceptors (Lipinski definition) is 16. The van der Waals surface area contributed by atoms with E-state index < -0.39 is 71.8 Å². The SMILES string of the molecule is CC[C@@H]1OC(=O)[C@H](C)[C@H]2OCC(=NOCc3cccc(-c4cccnn4)n3)CO[C@](C)(C[C@@H](C)C3=NCCN4C(=O)O[C@@]1(C)[C@H]4[C@H]3C)[C@@H](O[C@H]1O[C@@H](C)C[C@@H](N(C)C)[C@@H]1O)[C@@H]2C. The molecule has 0 aromatic carbocycles. The molecule has 1 amide bonds. The Morgan fingerprint density at radius 2 is 1.81 bits per heavy atom. The Bertz CT molecular complexity index is 1960. The average Bonchev–Trinajstić information content (AvgIpc) is 3.39. The van der Waals surface area contributed by atoms with Crippen LogP contribution < -0.4 is 0 Å². The number of aliphatic hydroxyl groups is 1. The molecule has 5 aliphatic heterocycles. The highest BCUT2D eigenvalue weighted by Gasteiger charge is 2.60. The van der Waals surface area contributed by atoms with Crippen molar-refractivity contribution in [3.8, 4) is 11.4 Å². The van der Waals surface area contributed by atoms with E-state index in [0.29, 0.717) is 55.1 Å². The lowest BCUT2D eigenvalue weighted by Gasteiger charge is -2.48. The van der Waals surface area contributed by atoms with Gasteiger partial charge < -0.3 is 43.3 Å². The Morgan fingerprint density at radius 3 is 2.53 bits per heavy atom. The monoisotopic (exact) mass is 863 g/mol. The van der Waals surface area contributed by atoms with Crippen LogP contribution in [0.1, 0.15) is 80.3 Å². The highest BCUT2D eigenvalue weighted by Crippen LogP contribution is 2.45. The summed E-state index contributed by atoms with van der Waals surface area (Å²) in [5.74, 6) is -2.33. The van der Waals surface area contributed by atoms with E-state index in [1.165, 1.54) is 0 Å². The summed E-state index contributed by atoms with van der Waals surface area (Å²) < 4.78 is 39.9. The van der Waals surface area contributed by atoms with Crippen molar-refractivity contribution in [3.63, 3.8) is 0 Å². The molecule has 7 rings (SSSR count). The zero-order valence-corrected chi connectivity index (χ0v) is 37.8. The third-order valence-corrected chi connectivity index (χ3v) is 13.6. The second kappa shape index (κ2) is 18.9. The number of cyclic esters (lactones) is 1. The summed E-state index contributed by atoms with van der Waals surface area (Å²) in [4.78, 5) is 47.7. The van der Waals surface area contributed by atoms with Gasteiger partial charge in [-0.15, -0.1) is 5.10 Å². The van der Waals surface area contributed by atoms with E-state index in [1.807, 2.05) is 77.9 Å². The number of carbonyl (C=O) groups is 2. The third-order valence-electron chi connectivity index (χ3n) is 13.6. The number of carbonyl (C=O) groups excluding carboxylic acids is 2. The minimum Gasteiger partial charge on any atom is -0.458 e. The van der Waals surface area contributed by atoms with Crippen LogP contribution in [0.15, 0.2) is 46.7 Å². The first-order valence-corrected chi connectivity index (χ1v) is 22.1.